The van der Waals surface area contributed by atoms with Gasteiger partial charge in [-0.1, -0.05) is 31.0 Å². The van der Waals surface area contributed by atoms with Gasteiger partial charge in [-0.3, -0.25) is 0 Å². The fourth-order valence-corrected chi connectivity index (χ4v) is 2.61. The molecule has 0 aliphatic carbocycles. The van der Waals surface area contributed by atoms with Gasteiger partial charge in [-0.25, -0.2) is 0 Å². The van der Waals surface area contributed by atoms with Crippen molar-refractivity contribution in [2.45, 2.75) is 44.6 Å². The quantitative estimate of drug-likeness (QED) is 0.571. The number of hydrogen-bond donors (Lipinski definition) is 1. The van der Waals surface area contributed by atoms with Gasteiger partial charge in [0.15, 0.2) is 0 Å². The minimum absolute atomic E-state index is 0.656. The van der Waals surface area contributed by atoms with Crippen LogP contribution in [-0.4, -0.2) is 18.3 Å². The molecule has 0 amide bonds. The number of aryl methyl sites for hydroxylation is 1. The molecule has 16 heavy (non-hydrogen) atoms. The highest BCUT2D eigenvalue weighted by Gasteiger charge is 1.99. The molecule has 0 bridgehead atoms. The van der Waals surface area contributed by atoms with Crippen LogP contribution in [0.1, 0.15) is 32.3 Å². The van der Waals surface area contributed by atoms with Gasteiger partial charge in [0.25, 0.3) is 0 Å². The summed E-state index contributed by atoms with van der Waals surface area (Å²) in [6.45, 7) is 7.74. The third-order valence-electron chi connectivity index (χ3n) is 2.57. The van der Waals surface area contributed by atoms with Crippen molar-refractivity contribution in [1.82, 2.24) is 5.32 Å². The molecule has 2 heteroatoms. The lowest BCUT2D eigenvalue weighted by Gasteiger charge is -2.12. The second kappa shape index (κ2) is 7.75. The van der Waals surface area contributed by atoms with Gasteiger partial charge in [-0.05, 0) is 32.4 Å². The topological polar surface area (TPSA) is 12.0 Å². The molecule has 0 heterocycles. The Morgan fingerprint density at radius 3 is 2.88 bits per heavy atom. The molecule has 1 unspecified atom stereocenters. The smallest absolute Gasteiger partial charge is 0.0106 e. The first-order valence-electron chi connectivity index (χ1n) is 6.15. The highest BCUT2D eigenvalue weighted by molar-refractivity contribution is 7.99. The summed E-state index contributed by atoms with van der Waals surface area (Å²) in [4.78, 5) is 1.38. The average Bonchev–Trinajstić information content (AvgIpc) is 2.25. The Balaban J connectivity index is 2.16. The van der Waals surface area contributed by atoms with Crippen LogP contribution in [0.4, 0.5) is 0 Å². The SMILES string of the molecule is CCCC(C)NCCSc1cccc(C)c1. The van der Waals surface area contributed by atoms with Crippen molar-refractivity contribution >= 4 is 11.8 Å². The Hall–Kier alpha value is -0.470. The van der Waals surface area contributed by atoms with Gasteiger partial charge >= 0.3 is 0 Å². The van der Waals surface area contributed by atoms with E-state index in [2.05, 4.69) is 50.4 Å². The highest BCUT2D eigenvalue weighted by Crippen LogP contribution is 2.18. The zero-order valence-corrected chi connectivity index (χ0v) is 11.4. The third kappa shape index (κ3) is 5.57. The Kier molecular flexibility index (Phi) is 6.58. The maximum absolute atomic E-state index is 3.55. The van der Waals surface area contributed by atoms with Crippen molar-refractivity contribution in [3.8, 4) is 0 Å². The molecule has 1 atom stereocenters. The lowest BCUT2D eigenvalue weighted by Crippen LogP contribution is -2.27. The van der Waals surface area contributed by atoms with Crippen LogP contribution in [0.5, 0.6) is 0 Å². The molecule has 1 aromatic rings. The van der Waals surface area contributed by atoms with Gasteiger partial charge in [0.2, 0.25) is 0 Å². The van der Waals surface area contributed by atoms with Crippen molar-refractivity contribution < 1.29 is 0 Å². The van der Waals surface area contributed by atoms with Gasteiger partial charge in [-0.2, -0.15) is 0 Å². The van der Waals surface area contributed by atoms with E-state index in [9.17, 15) is 0 Å². The first-order valence-corrected chi connectivity index (χ1v) is 7.13. The van der Waals surface area contributed by atoms with Crippen molar-refractivity contribution in [2.24, 2.45) is 0 Å². The zero-order chi connectivity index (χ0) is 11.8. The van der Waals surface area contributed by atoms with E-state index in [4.69, 9.17) is 0 Å². The van der Waals surface area contributed by atoms with Crippen LogP contribution in [0.2, 0.25) is 0 Å². The molecule has 0 spiro atoms. The third-order valence-corrected chi connectivity index (χ3v) is 3.57. The summed E-state index contributed by atoms with van der Waals surface area (Å²) in [5.41, 5.74) is 1.34. The molecular formula is C14H23NS. The molecule has 0 saturated carbocycles. The van der Waals surface area contributed by atoms with Crippen LogP contribution in [-0.2, 0) is 0 Å². The molecule has 1 N–H and O–H groups in total. The number of nitrogens with one attached hydrogen (secondary N) is 1. The molecule has 0 aliphatic heterocycles. The summed E-state index contributed by atoms with van der Waals surface area (Å²) < 4.78 is 0. The maximum atomic E-state index is 3.55. The number of benzene rings is 1. The second-order valence-corrected chi connectivity index (χ2v) is 5.48. The Morgan fingerprint density at radius 2 is 2.19 bits per heavy atom. The van der Waals surface area contributed by atoms with Crippen molar-refractivity contribution in [3.05, 3.63) is 29.8 Å². The van der Waals surface area contributed by atoms with Crippen molar-refractivity contribution in [2.75, 3.05) is 12.3 Å². The van der Waals surface area contributed by atoms with Gasteiger partial charge in [0.05, 0.1) is 0 Å². The van der Waals surface area contributed by atoms with Crippen LogP contribution in [0.3, 0.4) is 0 Å². The second-order valence-electron chi connectivity index (χ2n) is 4.31. The summed E-state index contributed by atoms with van der Waals surface area (Å²) in [7, 11) is 0. The van der Waals surface area contributed by atoms with Gasteiger partial charge in [0, 0.05) is 23.2 Å². The molecule has 1 rings (SSSR count). The van der Waals surface area contributed by atoms with Gasteiger partial charge in [0.1, 0.15) is 0 Å². The van der Waals surface area contributed by atoms with E-state index in [0.29, 0.717) is 6.04 Å². The van der Waals surface area contributed by atoms with Crippen LogP contribution >= 0.6 is 11.8 Å². The summed E-state index contributed by atoms with van der Waals surface area (Å²) in [6.07, 6.45) is 2.54. The van der Waals surface area contributed by atoms with E-state index < -0.39 is 0 Å². The molecular weight excluding hydrogens is 214 g/mol. The van der Waals surface area contributed by atoms with Crippen LogP contribution in [0, 0.1) is 6.92 Å². The van der Waals surface area contributed by atoms with E-state index in [1.807, 2.05) is 11.8 Å². The van der Waals surface area contributed by atoms with E-state index in [0.717, 1.165) is 12.3 Å². The monoisotopic (exact) mass is 237 g/mol. The summed E-state index contributed by atoms with van der Waals surface area (Å²) in [5.74, 6) is 1.15. The molecule has 1 nitrogen and oxygen atoms in total. The maximum Gasteiger partial charge on any atom is 0.0106 e. The minimum atomic E-state index is 0.656. The number of rotatable bonds is 7. The predicted molar refractivity (Wildman–Crippen MR) is 74.3 cm³/mol. The molecule has 0 fully saturated rings. The van der Waals surface area contributed by atoms with Crippen LogP contribution in [0.25, 0.3) is 0 Å². The van der Waals surface area contributed by atoms with E-state index in [1.54, 1.807) is 0 Å². The lowest BCUT2D eigenvalue weighted by atomic mass is 10.2. The molecule has 1 aromatic carbocycles. The lowest BCUT2D eigenvalue weighted by molar-refractivity contribution is 0.526. The number of hydrogen-bond acceptors (Lipinski definition) is 2. The summed E-state index contributed by atoms with van der Waals surface area (Å²) in [5, 5.41) is 3.55. The molecule has 0 radical (unpaired) electrons. The highest BCUT2D eigenvalue weighted by atomic mass is 32.2. The fraction of sp³-hybridized carbons (Fsp3) is 0.571. The minimum Gasteiger partial charge on any atom is -0.313 e. The first kappa shape index (κ1) is 13.6. The van der Waals surface area contributed by atoms with Gasteiger partial charge in [-0.15, -0.1) is 11.8 Å². The van der Waals surface area contributed by atoms with Gasteiger partial charge < -0.3 is 5.32 Å². The molecule has 0 aromatic heterocycles. The van der Waals surface area contributed by atoms with E-state index >= 15 is 0 Å². The van der Waals surface area contributed by atoms with Crippen molar-refractivity contribution in [1.29, 1.82) is 0 Å². The predicted octanol–water partition coefficient (Wildman–Crippen LogP) is 3.87. The standard InChI is InChI=1S/C14H23NS/c1-4-6-13(3)15-9-10-16-14-8-5-7-12(2)11-14/h5,7-8,11,13,15H,4,6,9-10H2,1-3H3. The number of thioether (sulfide) groups is 1. The normalized spacial score (nSPS) is 12.7. The van der Waals surface area contributed by atoms with Crippen LogP contribution < -0.4 is 5.32 Å². The zero-order valence-electron chi connectivity index (χ0n) is 10.6. The molecule has 0 aliphatic rings. The molecule has 90 valence electrons. The fourth-order valence-electron chi connectivity index (χ4n) is 1.71. The Bertz CT molecular complexity index is 299. The molecule has 0 saturated heterocycles. The summed E-state index contributed by atoms with van der Waals surface area (Å²) >= 11 is 1.93. The van der Waals surface area contributed by atoms with Crippen LogP contribution in [0.15, 0.2) is 29.2 Å². The largest absolute Gasteiger partial charge is 0.313 e. The first-order chi connectivity index (χ1) is 7.72. The Morgan fingerprint density at radius 1 is 1.38 bits per heavy atom. The van der Waals surface area contributed by atoms with E-state index in [1.165, 1.54) is 23.3 Å². The van der Waals surface area contributed by atoms with Crippen molar-refractivity contribution in [3.63, 3.8) is 0 Å². The Labute approximate surface area is 104 Å². The summed E-state index contributed by atoms with van der Waals surface area (Å²) in [6, 6.07) is 9.37. The average molecular weight is 237 g/mol. The van der Waals surface area contributed by atoms with E-state index in [-0.39, 0.29) is 0 Å².